The van der Waals surface area contributed by atoms with Crippen molar-refractivity contribution in [2.45, 2.75) is 49.4 Å². The van der Waals surface area contributed by atoms with E-state index in [0.717, 1.165) is 16.9 Å². The second-order valence-corrected chi connectivity index (χ2v) is 10.8. The zero-order valence-electron chi connectivity index (χ0n) is 15.4. The van der Waals surface area contributed by atoms with E-state index in [4.69, 9.17) is 0 Å². The third kappa shape index (κ3) is 4.57. The fourth-order valence-corrected chi connectivity index (χ4v) is 5.22. The van der Waals surface area contributed by atoms with Gasteiger partial charge in [0.15, 0.2) is 14.6 Å². The zero-order chi connectivity index (χ0) is 18.7. The molecule has 0 saturated carbocycles. The van der Waals surface area contributed by atoms with E-state index in [1.807, 2.05) is 30.8 Å². The van der Waals surface area contributed by atoms with Gasteiger partial charge in [0.25, 0.3) is 0 Å². The number of hydrogen-bond acceptors (Lipinski definition) is 5. The summed E-state index contributed by atoms with van der Waals surface area (Å²) in [6.07, 6.45) is 1.78. The highest BCUT2D eigenvalue weighted by molar-refractivity contribution is 7.99. The minimum absolute atomic E-state index is 0.305. The quantitative estimate of drug-likeness (QED) is 0.789. The van der Waals surface area contributed by atoms with Crippen LogP contribution in [0, 0.1) is 6.92 Å². The Morgan fingerprint density at radius 2 is 1.96 bits per heavy atom. The van der Waals surface area contributed by atoms with Crippen molar-refractivity contribution in [1.29, 1.82) is 0 Å². The number of carbonyl (C=O) groups is 1. The molecule has 0 aliphatic carbocycles. The lowest BCUT2D eigenvalue weighted by molar-refractivity contribution is -0.119. The molecule has 1 aliphatic heterocycles. The molecular weight excluding hydrogens is 356 g/mol. The van der Waals surface area contributed by atoms with Crippen molar-refractivity contribution in [3.63, 3.8) is 0 Å². The maximum atomic E-state index is 12.9. The SMILES string of the molecule is Cc1c(CSC(C)C)cccc1NC(=O)C1(S(C)(=O)=O)CCNCC1. The molecule has 0 spiro atoms. The summed E-state index contributed by atoms with van der Waals surface area (Å²) in [6.45, 7) is 7.34. The summed E-state index contributed by atoms with van der Waals surface area (Å²) in [7, 11) is -3.51. The molecule has 0 bridgehead atoms. The molecule has 7 heteroatoms. The molecule has 0 radical (unpaired) electrons. The summed E-state index contributed by atoms with van der Waals surface area (Å²) in [6, 6.07) is 5.80. The Labute approximate surface area is 155 Å². The summed E-state index contributed by atoms with van der Waals surface area (Å²) >= 11 is 1.84. The van der Waals surface area contributed by atoms with Crippen LogP contribution in [0.2, 0.25) is 0 Å². The largest absolute Gasteiger partial charge is 0.324 e. The van der Waals surface area contributed by atoms with Crippen LogP contribution in [0.15, 0.2) is 18.2 Å². The van der Waals surface area contributed by atoms with Crippen LogP contribution in [0.5, 0.6) is 0 Å². The van der Waals surface area contributed by atoms with Crippen LogP contribution < -0.4 is 10.6 Å². The van der Waals surface area contributed by atoms with Gasteiger partial charge >= 0.3 is 0 Å². The lowest BCUT2D eigenvalue weighted by atomic mass is 9.95. The second-order valence-electron chi connectivity index (χ2n) is 6.92. The van der Waals surface area contributed by atoms with Crippen molar-refractivity contribution in [3.05, 3.63) is 29.3 Å². The van der Waals surface area contributed by atoms with E-state index in [1.165, 1.54) is 6.26 Å². The Morgan fingerprint density at radius 3 is 2.52 bits per heavy atom. The topological polar surface area (TPSA) is 75.3 Å². The highest BCUT2D eigenvalue weighted by Crippen LogP contribution is 2.31. The molecule has 25 heavy (non-hydrogen) atoms. The highest BCUT2D eigenvalue weighted by Gasteiger charge is 2.48. The Balaban J connectivity index is 2.26. The molecule has 0 unspecified atom stereocenters. The lowest BCUT2D eigenvalue weighted by Crippen LogP contribution is -2.55. The van der Waals surface area contributed by atoms with Crippen molar-refractivity contribution in [1.82, 2.24) is 5.32 Å². The summed E-state index contributed by atoms with van der Waals surface area (Å²) < 4.78 is 23.4. The molecule has 5 nitrogen and oxygen atoms in total. The number of piperidine rings is 1. The van der Waals surface area contributed by atoms with Crippen molar-refractivity contribution < 1.29 is 13.2 Å². The van der Waals surface area contributed by atoms with Gasteiger partial charge in [0.05, 0.1) is 0 Å². The minimum atomic E-state index is -3.51. The minimum Gasteiger partial charge on any atom is -0.324 e. The van der Waals surface area contributed by atoms with Gasteiger partial charge in [-0.05, 0) is 55.3 Å². The first-order chi connectivity index (χ1) is 11.7. The van der Waals surface area contributed by atoms with E-state index in [-0.39, 0.29) is 0 Å². The van der Waals surface area contributed by atoms with E-state index in [1.54, 1.807) is 0 Å². The Kier molecular flexibility index (Phi) is 6.56. The van der Waals surface area contributed by atoms with Gasteiger partial charge in [-0.1, -0.05) is 26.0 Å². The molecule has 0 aromatic heterocycles. The van der Waals surface area contributed by atoms with Crippen LogP contribution in [0.1, 0.15) is 37.8 Å². The summed E-state index contributed by atoms with van der Waals surface area (Å²) in [4.78, 5) is 12.9. The Hall–Kier alpha value is -1.05. The third-order valence-corrected chi connectivity index (χ3v) is 7.96. The van der Waals surface area contributed by atoms with Gasteiger partial charge in [-0.15, -0.1) is 0 Å². The molecule has 2 N–H and O–H groups in total. The average molecular weight is 385 g/mol. The van der Waals surface area contributed by atoms with Crippen LogP contribution in [-0.2, 0) is 20.4 Å². The number of amides is 1. The van der Waals surface area contributed by atoms with Crippen LogP contribution in [-0.4, -0.2) is 43.7 Å². The lowest BCUT2D eigenvalue weighted by Gasteiger charge is -2.34. The van der Waals surface area contributed by atoms with E-state index in [0.29, 0.717) is 36.9 Å². The van der Waals surface area contributed by atoms with Crippen molar-refractivity contribution in [2.75, 3.05) is 24.7 Å². The third-order valence-electron chi connectivity index (χ3n) is 4.80. The smallest absolute Gasteiger partial charge is 0.245 e. The summed E-state index contributed by atoms with van der Waals surface area (Å²) in [5.41, 5.74) is 2.87. The summed E-state index contributed by atoms with van der Waals surface area (Å²) in [5, 5.41) is 6.56. The van der Waals surface area contributed by atoms with Crippen LogP contribution in [0.4, 0.5) is 5.69 Å². The van der Waals surface area contributed by atoms with E-state index in [9.17, 15) is 13.2 Å². The van der Waals surface area contributed by atoms with E-state index >= 15 is 0 Å². The highest BCUT2D eigenvalue weighted by atomic mass is 32.2. The maximum absolute atomic E-state index is 12.9. The van der Waals surface area contributed by atoms with Crippen molar-refractivity contribution >= 4 is 33.2 Å². The van der Waals surface area contributed by atoms with Crippen LogP contribution >= 0.6 is 11.8 Å². The van der Waals surface area contributed by atoms with Gasteiger partial charge in [-0.25, -0.2) is 8.42 Å². The first-order valence-electron chi connectivity index (χ1n) is 8.59. The molecule has 2 rings (SSSR count). The molecule has 0 atom stereocenters. The number of thioether (sulfide) groups is 1. The fraction of sp³-hybridized carbons (Fsp3) is 0.611. The van der Waals surface area contributed by atoms with Crippen LogP contribution in [0.25, 0.3) is 0 Å². The van der Waals surface area contributed by atoms with E-state index < -0.39 is 20.5 Å². The van der Waals surface area contributed by atoms with Gasteiger partial charge in [0.1, 0.15) is 0 Å². The summed E-state index contributed by atoms with van der Waals surface area (Å²) in [5.74, 6) is 0.460. The molecule has 1 aromatic rings. The number of sulfone groups is 1. The number of rotatable bonds is 6. The van der Waals surface area contributed by atoms with Gasteiger partial charge in [0, 0.05) is 17.7 Å². The van der Waals surface area contributed by atoms with Crippen molar-refractivity contribution in [2.24, 2.45) is 0 Å². The van der Waals surface area contributed by atoms with Gasteiger partial charge in [-0.2, -0.15) is 11.8 Å². The monoisotopic (exact) mass is 384 g/mol. The number of hydrogen-bond donors (Lipinski definition) is 2. The number of carbonyl (C=O) groups excluding carboxylic acids is 1. The maximum Gasteiger partial charge on any atom is 0.245 e. The Bertz CT molecular complexity index is 724. The van der Waals surface area contributed by atoms with Crippen molar-refractivity contribution in [3.8, 4) is 0 Å². The molecule has 1 fully saturated rings. The van der Waals surface area contributed by atoms with Gasteiger partial charge < -0.3 is 10.6 Å². The number of benzene rings is 1. The Morgan fingerprint density at radius 1 is 1.32 bits per heavy atom. The molecule has 1 aliphatic rings. The predicted octanol–water partition coefficient (Wildman–Crippen LogP) is 2.74. The fourth-order valence-electron chi connectivity index (χ4n) is 3.06. The normalized spacial score (nSPS) is 17.5. The molecule has 1 heterocycles. The van der Waals surface area contributed by atoms with E-state index in [2.05, 4.69) is 30.5 Å². The van der Waals surface area contributed by atoms with Gasteiger partial charge in [-0.3, -0.25) is 4.79 Å². The molecule has 1 aromatic carbocycles. The molecule has 140 valence electrons. The second kappa shape index (κ2) is 8.10. The molecule has 1 amide bonds. The zero-order valence-corrected chi connectivity index (χ0v) is 17.0. The van der Waals surface area contributed by atoms with Gasteiger partial charge in [0.2, 0.25) is 5.91 Å². The molecule has 1 saturated heterocycles. The average Bonchev–Trinajstić information content (AvgIpc) is 2.55. The number of nitrogens with one attached hydrogen (secondary N) is 2. The standard InChI is InChI=1S/C18H28N2O3S2/c1-13(2)24-12-15-6-5-7-16(14(15)3)20-17(21)18(25(4,22)23)8-10-19-11-9-18/h5-7,13,19H,8-12H2,1-4H3,(H,20,21). The predicted molar refractivity (Wildman–Crippen MR) is 106 cm³/mol. The van der Waals surface area contributed by atoms with Crippen LogP contribution in [0.3, 0.4) is 0 Å². The first kappa shape index (κ1) is 20.3. The first-order valence-corrected chi connectivity index (χ1v) is 11.5. The molecular formula is C18H28N2O3S2. The number of anilines is 1.